The molecule has 134 valence electrons. The quantitative estimate of drug-likeness (QED) is 0.761. The van der Waals surface area contributed by atoms with Crippen molar-refractivity contribution in [3.63, 3.8) is 0 Å². The lowest BCUT2D eigenvalue weighted by molar-refractivity contribution is -0.137. The van der Waals surface area contributed by atoms with Crippen LogP contribution in [0.15, 0.2) is 53.4 Å². The molecule has 2 aromatic carbocycles. The molecule has 0 aromatic heterocycles. The Bertz CT molecular complexity index is 859. The molecule has 0 amide bonds. The standard InChI is InChI=1S/C17H16F3NO3S/c1-2-4-16(22)12-7-9-14(10-8-12)21-25(23,24)15-6-3-5-13(11-15)17(18,19)20/h3,5-11,21H,2,4H2,1H3. The van der Waals surface area contributed by atoms with Crippen molar-refractivity contribution in [1.82, 2.24) is 0 Å². The first-order chi connectivity index (χ1) is 11.6. The van der Waals surface area contributed by atoms with Crippen molar-refractivity contribution in [2.75, 3.05) is 4.72 Å². The van der Waals surface area contributed by atoms with Gasteiger partial charge in [0.25, 0.3) is 10.0 Å². The summed E-state index contributed by atoms with van der Waals surface area (Å²) in [6.45, 7) is 1.87. The van der Waals surface area contributed by atoms with E-state index in [9.17, 15) is 26.4 Å². The first-order valence-corrected chi connectivity index (χ1v) is 8.95. The van der Waals surface area contributed by atoms with Gasteiger partial charge in [-0.3, -0.25) is 9.52 Å². The van der Waals surface area contributed by atoms with Crippen LogP contribution in [0.4, 0.5) is 18.9 Å². The van der Waals surface area contributed by atoms with Crippen LogP contribution in [0.25, 0.3) is 0 Å². The van der Waals surface area contributed by atoms with Gasteiger partial charge in [-0.2, -0.15) is 13.2 Å². The first kappa shape index (κ1) is 19.0. The first-order valence-electron chi connectivity index (χ1n) is 7.47. The van der Waals surface area contributed by atoms with E-state index in [0.29, 0.717) is 24.5 Å². The number of anilines is 1. The van der Waals surface area contributed by atoms with Gasteiger partial charge in [-0.15, -0.1) is 0 Å². The second kappa shape index (κ2) is 7.26. The van der Waals surface area contributed by atoms with Gasteiger partial charge in [0.2, 0.25) is 0 Å². The molecule has 0 saturated carbocycles. The Morgan fingerprint density at radius 1 is 1.08 bits per heavy atom. The highest BCUT2D eigenvalue weighted by Crippen LogP contribution is 2.30. The topological polar surface area (TPSA) is 63.2 Å². The average Bonchev–Trinajstić information content (AvgIpc) is 2.55. The molecule has 0 aliphatic carbocycles. The third-order valence-electron chi connectivity index (χ3n) is 3.41. The summed E-state index contributed by atoms with van der Waals surface area (Å²) in [6.07, 6.45) is -3.55. The van der Waals surface area contributed by atoms with Gasteiger partial charge >= 0.3 is 6.18 Å². The predicted molar refractivity (Wildman–Crippen MR) is 87.9 cm³/mol. The Labute approximate surface area is 143 Å². The molecule has 0 unspecified atom stereocenters. The lowest BCUT2D eigenvalue weighted by Crippen LogP contribution is -2.14. The van der Waals surface area contributed by atoms with E-state index in [1.165, 1.54) is 24.3 Å². The molecule has 2 aromatic rings. The average molecular weight is 371 g/mol. The third kappa shape index (κ3) is 4.82. The van der Waals surface area contributed by atoms with Crippen LogP contribution in [-0.2, 0) is 16.2 Å². The van der Waals surface area contributed by atoms with Crippen LogP contribution in [0.3, 0.4) is 0 Å². The van der Waals surface area contributed by atoms with Crippen LogP contribution in [0, 0.1) is 0 Å². The van der Waals surface area contributed by atoms with E-state index in [0.717, 1.165) is 18.2 Å². The molecule has 1 N–H and O–H groups in total. The number of carbonyl (C=O) groups excluding carboxylic acids is 1. The van der Waals surface area contributed by atoms with Gasteiger partial charge < -0.3 is 0 Å². The van der Waals surface area contributed by atoms with E-state index in [1.807, 2.05) is 6.92 Å². The molecule has 0 heterocycles. The van der Waals surface area contributed by atoms with Gasteiger partial charge in [-0.25, -0.2) is 8.42 Å². The van der Waals surface area contributed by atoms with E-state index >= 15 is 0 Å². The maximum atomic E-state index is 12.7. The number of ketones is 1. The summed E-state index contributed by atoms with van der Waals surface area (Å²) in [5.41, 5.74) is -0.440. The normalized spacial score (nSPS) is 12.0. The Morgan fingerprint density at radius 3 is 2.28 bits per heavy atom. The van der Waals surface area contributed by atoms with Crippen molar-refractivity contribution in [2.45, 2.75) is 30.8 Å². The molecule has 0 saturated heterocycles. The second-order valence-corrected chi connectivity index (χ2v) is 7.06. The van der Waals surface area contributed by atoms with Gasteiger partial charge in [0.05, 0.1) is 10.5 Å². The smallest absolute Gasteiger partial charge is 0.294 e. The molecular formula is C17H16F3NO3S. The molecule has 2 rings (SSSR count). The molecule has 0 fully saturated rings. The number of halogens is 3. The molecule has 0 radical (unpaired) electrons. The van der Waals surface area contributed by atoms with E-state index < -0.39 is 26.7 Å². The monoisotopic (exact) mass is 371 g/mol. The number of nitrogens with one attached hydrogen (secondary N) is 1. The van der Waals surface area contributed by atoms with Gasteiger partial charge in [0.1, 0.15) is 0 Å². The molecule has 8 heteroatoms. The zero-order valence-corrected chi connectivity index (χ0v) is 14.1. The number of rotatable bonds is 6. The predicted octanol–water partition coefficient (Wildman–Crippen LogP) is 4.49. The Balaban J connectivity index is 2.23. The van der Waals surface area contributed by atoms with Crippen LogP contribution in [0.5, 0.6) is 0 Å². The number of carbonyl (C=O) groups is 1. The fourth-order valence-corrected chi connectivity index (χ4v) is 3.25. The van der Waals surface area contributed by atoms with Crippen LogP contribution in [0.2, 0.25) is 0 Å². The number of hydrogen-bond acceptors (Lipinski definition) is 3. The zero-order valence-electron chi connectivity index (χ0n) is 13.3. The van der Waals surface area contributed by atoms with Crippen LogP contribution >= 0.6 is 0 Å². The second-order valence-electron chi connectivity index (χ2n) is 5.38. The highest BCUT2D eigenvalue weighted by molar-refractivity contribution is 7.92. The van der Waals surface area contributed by atoms with E-state index in [-0.39, 0.29) is 11.5 Å². The zero-order chi connectivity index (χ0) is 18.7. The van der Waals surface area contributed by atoms with Crippen molar-refractivity contribution >= 4 is 21.5 Å². The van der Waals surface area contributed by atoms with Gasteiger partial charge in [-0.1, -0.05) is 13.0 Å². The van der Waals surface area contributed by atoms with Crippen LogP contribution in [0.1, 0.15) is 35.7 Å². The van der Waals surface area contributed by atoms with Crippen molar-refractivity contribution in [3.8, 4) is 0 Å². The SMILES string of the molecule is CCCC(=O)c1ccc(NS(=O)(=O)c2cccc(C(F)(F)F)c2)cc1. The third-order valence-corrected chi connectivity index (χ3v) is 4.79. The highest BCUT2D eigenvalue weighted by Gasteiger charge is 2.31. The van der Waals surface area contributed by atoms with Gasteiger partial charge in [0.15, 0.2) is 5.78 Å². The lowest BCUT2D eigenvalue weighted by atomic mass is 10.1. The largest absolute Gasteiger partial charge is 0.416 e. The number of alkyl halides is 3. The highest BCUT2D eigenvalue weighted by atomic mass is 32.2. The van der Waals surface area contributed by atoms with Crippen molar-refractivity contribution in [1.29, 1.82) is 0 Å². The van der Waals surface area contributed by atoms with Gasteiger partial charge in [0, 0.05) is 17.7 Å². The summed E-state index contributed by atoms with van der Waals surface area (Å²) in [5, 5.41) is 0. The van der Waals surface area contributed by atoms with Crippen molar-refractivity contribution in [2.24, 2.45) is 0 Å². The summed E-state index contributed by atoms with van der Waals surface area (Å²) in [7, 11) is -4.17. The summed E-state index contributed by atoms with van der Waals surface area (Å²) in [6, 6.07) is 9.22. The number of Topliss-reactive ketones (excluding diaryl/α,β-unsaturated/α-hetero) is 1. The molecule has 0 aliphatic rings. The van der Waals surface area contributed by atoms with Crippen LogP contribution in [-0.4, -0.2) is 14.2 Å². The molecule has 0 bridgehead atoms. The molecule has 0 atom stereocenters. The fraction of sp³-hybridized carbons (Fsp3) is 0.235. The molecular weight excluding hydrogens is 355 g/mol. The molecule has 25 heavy (non-hydrogen) atoms. The number of sulfonamides is 1. The fourth-order valence-electron chi connectivity index (χ4n) is 2.15. The van der Waals surface area contributed by atoms with E-state index in [1.54, 1.807) is 0 Å². The number of hydrogen-bond donors (Lipinski definition) is 1. The Kier molecular flexibility index (Phi) is 5.52. The van der Waals surface area contributed by atoms with Crippen molar-refractivity contribution in [3.05, 3.63) is 59.7 Å². The number of benzene rings is 2. The maximum absolute atomic E-state index is 12.7. The summed E-state index contributed by atoms with van der Waals surface area (Å²) >= 11 is 0. The Morgan fingerprint density at radius 2 is 1.72 bits per heavy atom. The van der Waals surface area contributed by atoms with E-state index in [2.05, 4.69) is 4.72 Å². The van der Waals surface area contributed by atoms with E-state index in [4.69, 9.17) is 0 Å². The van der Waals surface area contributed by atoms with Crippen LogP contribution < -0.4 is 4.72 Å². The summed E-state index contributed by atoms with van der Waals surface area (Å²) in [4.78, 5) is 11.3. The minimum atomic E-state index is -4.63. The summed E-state index contributed by atoms with van der Waals surface area (Å²) < 4.78 is 64.9. The molecule has 4 nitrogen and oxygen atoms in total. The minimum absolute atomic E-state index is 0.0604. The van der Waals surface area contributed by atoms with Gasteiger partial charge in [-0.05, 0) is 48.9 Å². The lowest BCUT2D eigenvalue weighted by Gasteiger charge is -2.11. The summed E-state index contributed by atoms with van der Waals surface area (Å²) in [5.74, 6) is -0.0604. The Hall–Kier alpha value is -2.35. The molecule has 0 aliphatic heterocycles. The van der Waals surface area contributed by atoms with Crippen molar-refractivity contribution < 1.29 is 26.4 Å². The minimum Gasteiger partial charge on any atom is -0.294 e. The maximum Gasteiger partial charge on any atom is 0.416 e. The molecule has 0 spiro atoms.